The molecular weight excluding hydrogens is 563 g/mol. The number of hydrogen-bond donors (Lipinski definition) is 5. The first kappa shape index (κ1) is 26.5. The van der Waals surface area contributed by atoms with Gasteiger partial charge in [0.05, 0.1) is 5.56 Å². The van der Waals surface area contributed by atoms with Gasteiger partial charge in [-0.1, -0.05) is 78.9 Å². The number of rotatable bonds is 3. The van der Waals surface area contributed by atoms with E-state index in [4.69, 9.17) is 4.42 Å². The van der Waals surface area contributed by atoms with Crippen molar-refractivity contribution < 1.29 is 29.9 Å². The zero-order valence-corrected chi connectivity index (χ0v) is 24.0. The first-order chi connectivity index (χ1) is 21.8. The first-order valence-corrected chi connectivity index (χ1v) is 14.5. The van der Waals surface area contributed by atoms with Crippen LogP contribution in [0.4, 0.5) is 0 Å². The summed E-state index contributed by atoms with van der Waals surface area (Å²) in [6.07, 6.45) is 0. The van der Waals surface area contributed by atoms with Crippen LogP contribution >= 0.6 is 0 Å². The Balaban J connectivity index is 1.57. The van der Waals surface area contributed by atoms with E-state index in [9.17, 15) is 25.5 Å². The molecule has 0 bridgehead atoms. The lowest BCUT2D eigenvalue weighted by atomic mass is 9.83. The summed E-state index contributed by atoms with van der Waals surface area (Å²) in [5.74, 6) is -1.92. The summed E-state index contributed by atoms with van der Waals surface area (Å²) < 4.78 is 6.36. The molecule has 0 atom stereocenters. The molecule has 8 rings (SSSR count). The van der Waals surface area contributed by atoms with E-state index in [0.29, 0.717) is 16.7 Å². The Kier molecular flexibility index (Phi) is 5.74. The molecule has 0 saturated carbocycles. The van der Waals surface area contributed by atoms with Crippen molar-refractivity contribution in [1.82, 2.24) is 0 Å². The molecule has 0 spiro atoms. The predicted molar refractivity (Wildman–Crippen MR) is 182 cm³/mol. The van der Waals surface area contributed by atoms with Crippen LogP contribution in [-0.4, -0.2) is 33.4 Å². The number of aromatic hydroxyl groups is 5. The van der Waals surface area contributed by atoms with E-state index in [1.54, 1.807) is 18.2 Å². The highest BCUT2D eigenvalue weighted by Crippen LogP contribution is 2.51. The van der Waals surface area contributed by atoms with Gasteiger partial charge in [0.1, 0.15) is 24.8 Å². The van der Waals surface area contributed by atoms with Crippen molar-refractivity contribution in [2.45, 2.75) is 0 Å². The summed E-state index contributed by atoms with van der Waals surface area (Å²) in [4.78, 5) is 0. The molecule has 5 N–H and O–H groups in total. The van der Waals surface area contributed by atoms with Crippen molar-refractivity contribution in [2.24, 2.45) is 0 Å². The van der Waals surface area contributed by atoms with E-state index < -0.39 is 23.0 Å². The van der Waals surface area contributed by atoms with E-state index in [0.717, 1.165) is 54.6 Å². The van der Waals surface area contributed by atoms with Gasteiger partial charge < -0.3 is 29.9 Å². The van der Waals surface area contributed by atoms with E-state index >= 15 is 0 Å². The van der Waals surface area contributed by atoms with Crippen LogP contribution in [0.5, 0.6) is 28.7 Å². The SMILES string of the molecule is Bc1c(O)c(O)c(-c2cc(-c3c4ccccc4c(-c4ccc(O)cc4)c4ccccc34)c3c(c2)oc2ccccc23)c(O)c1O. The smallest absolute Gasteiger partial charge is 0.168 e. The zero-order valence-electron chi connectivity index (χ0n) is 24.0. The molecule has 0 fully saturated rings. The number of para-hydroxylation sites is 1. The quantitative estimate of drug-likeness (QED) is 0.0626. The molecule has 0 aliphatic heterocycles. The van der Waals surface area contributed by atoms with Gasteiger partial charge >= 0.3 is 0 Å². The van der Waals surface area contributed by atoms with Crippen LogP contribution in [0.2, 0.25) is 0 Å². The van der Waals surface area contributed by atoms with Crippen LogP contribution in [0.25, 0.3) is 76.9 Å². The van der Waals surface area contributed by atoms with Gasteiger partial charge in [0.15, 0.2) is 23.0 Å². The Bertz CT molecular complexity index is 2410. The second kappa shape index (κ2) is 9.72. The fraction of sp³-hybridized carbons (Fsp3) is 0. The molecule has 0 aliphatic rings. The summed E-state index contributed by atoms with van der Waals surface area (Å²) in [6, 6.07) is 34.8. The van der Waals surface area contributed by atoms with Gasteiger partial charge in [-0.15, -0.1) is 0 Å². The number of furan rings is 1. The van der Waals surface area contributed by atoms with Gasteiger partial charge in [-0.05, 0) is 79.7 Å². The maximum atomic E-state index is 11.1. The Morgan fingerprint density at radius 1 is 0.444 bits per heavy atom. The van der Waals surface area contributed by atoms with E-state index in [2.05, 4.69) is 24.3 Å². The van der Waals surface area contributed by atoms with Crippen LogP contribution in [0.3, 0.4) is 0 Å². The molecule has 0 amide bonds. The van der Waals surface area contributed by atoms with Crippen LogP contribution in [0.15, 0.2) is 114 Å². The van der Waals surface area contributed by atoms with Gasteiger partial charge in [0.2, 0.25) is 0 Å². The van der Waals surface area contributed by atoms with Crippen molar-refractivity contribution in [3.05, 3.63) is 109 Å². The average Bonchev–Trinajstić information content (AvgIpc) is 3.44. The predicted octanol–water partition coefficient (Wildman–Crippen LogP) is 7.68. The molecule has 1 aromatic heterocycles. The number of fused-ring (bicyclic) bond motifs is 5. The maximum absolute atomic E-state index is 11.1. The lowest BCUT2D eigenvalue weighted by Crippen LogP contribution is -2.05. The van der Waals surface area contributed by atoms with Crippen molar-refractivity contribution in [2.75, 3.05) is 0 Å². The largest absolute Gasteiger partial charge is 0.508 e. The minimum absolute atomic E-state index is 0.0272. The van der Waals surface area contributed by atoms with E-state index in [1.165, 1.54) is 7.85 Å². The molecule has 216 valence electrons. The van der Waals surface area contributed by atoms with Crippen LogP contribution in [-0.2, 0) is 0 Å². The molecule has 0 saturated heterocycles. The second-order valence-corrected chi connectivity index (χ2v) is 11.3. The van der Waals surface area contributed by atoms with Crippen LogP contribution in [0.1, 0.15) is 0 Å². The highest BCUT2D eigenvalue weighted by molar-refractivity contribution is 6.37. The normalized spacial score (nSPS) is 11.6. The summed E-state index contributed by atoms with van der Waals surface area (Å²) in [7, 11) is 1.41. The third-order valence-electron chi connectivity index (χ3n) is 8.76. The Morgan fingerprint density at radius 3 is 1.53 bits per heavy atom. The van der Waals surface area contributed by atoms with Crippen molar-refractivity contribution in [1.29, 1.82) is 0 Å². The van der Waals surface area contributed by atoms with Gasteiger partial charge in [0, 0.05) is 16.2 Å². The summed E-state index contributed by atoms with van der Waals surface area (Å²) >= 11 is 0. The summed E-state index contributed by atoms with van der Waals surface area (Å²) in [6.45, 7) is 0. The Morgan fingerprint density at radius 2 is 0.956 bits per heavy atom. The summed E-state index contributed by atoms with van der Waals surface area (Å²) in [5, 5.41) is 59.1. The standard InChI is InChI=1S/C38H25BO6/c39-34-37(43)35(41)31(36(42)38(34)44)20-17-27(33-26-11-5-6-12-28(26)45-29(33)18-20)32-24-9-3-1-7-22(24)30(19-13-15-21(40)16-14-19)23-8-2-4-10-25(23)32/h1-18,40-44H,39H2. The molecule has 0 radical (unpaired) electrons. The highest BCUT2D eigenvalue weighted by Gasteiger charge is 2.26. The Labute approximate surface area is 257 Å². The van der Waals surface area contributed by atoms with E-state index in [1.807, 2.05) is 66.7 Å². The minimum atomic E-state index is -0.540. The molecule has 0 aliphatic carbocycles. The number of benzene rings is 7. The van der Waals surface area contributed by atoms with Crippen molar-refractivity contribution >= 4 is 56.8 Å². The lowest BCUT2D eigenvalue weighted by Gasteiger charge is -2.19. The fourth-order valence-corrected chi connectivity index (χ4v) is 6.64. The third-order valence-corrected chi connectivity index (χ3v) is 8.76. The van der Waals surface area contributed by atoms with Gasteiger partial charge in [0.25, 0.3) is 0 Å². The molecule has 1 heterocycles. The van der Waals surface area contributed by atoms with Gasteiger partial charge in [-0.2, -0.15) is 0 Å². The first-order valence-electron chi connectivity index (χ1n) is 14.5. The molecule has 7 aromatic carbocycles. The average molecular weight is 588 g/mol. The highest BCUT2D eigenvalue weighted by atomic mass is 16.3. The number of phenolic OH excluding ortho intramolecular Hbond substituents is 5. The molecule has 6 nitrogen and oxygen atoms in total. The Hall–Kier alpha value is -6.08. The molecule has 0 unspecified atom stereocenters. The molecule has 7 heteroatoms. The zero-order chi connectivity index (χ0) is 31.0. The minimum Gasteiger partial charge on any atom is -0.508 e. The van der Waals surface area contributed by atoms with Crippen LogP contribution in [0, 0.1) is 0 Å². The maximum Gasteiger partial charge on any atom is 0.168 e. The van der Waals surface area contributed by atoms with E-state index in [-0.39, 0.29) is 16.8 Å². The van der Waals surface area contributed by atoms with Gasteiger partial charge in [-0.25, -0.2) is 0 Å². The van der Waals surface area contributed by atoms with Crippen LogP contribution < -0.4 is 5.46 Å². The second-order valence-electron chi connectivity index (χ2n) is 11.3. The molecule has 8 aromatic rings. The number of phenols is 5. The monoisotopic (exact) mass is 588 g/mol. The van der Waals surface area contributed by atoms with Gasteiger partial charge in [-0.3, -0.25) is 0 Å². The fourth-order valence-electron chi connectivity index (χ4n) is 6.64. The summed E-state index contributed by atoms with van der Waals surface area (Å²) in [5.41, 5.74) is 5.10. The molecule has 45 heavy (non-hydrogen) atoms. The van der Waals surface area contributed by atoms with Crippen molar-refractivity contribution in [3.63, 3.8) is 0 Å². The lowest BCUT2D eigenvalue weighted by molar-refractivity contribution is 0.380. The topological polar surface area (TPSA) is 114 Å². The molecular formula is C38H25BO6. The van der Waals surface area contributed by atoms with Crippen molar-refractivity contribution in [3.8, 4) is 62.1 Å². The number of hydrogen-bond acceptors (Lipinski definition) is 6. The third kappa shape index (κ3) is 3.84.